The van der Waals surface area contributed by atoms with Crippen LogP contribution in [-0.2, 0) is 6.42 Å². The maximum absolute atomic E-state index is 13.7. The Bertz CT molecular complexity index is 922. The molecule has 0 radical (unpaired) electrons. The molecule has 2 aromatic carbocycles. The molecule has 0 aliphatic carbocycles. The topological polar surface area (TPSA) is 42.0 Å². The average molecular weight is 350 g/mol. The second-order valence-electron chi connectivity index (χ2n) is 7.30. The van der Waals surface area contributed by atoms with Crippen molar-refractivity contribution in [3.05, 3.63) is 77.7 Å². The first-order valence-corrected chi connectivity index (χ1v) is 8.77. The largest absolute Gasteiger partial charge is 0.347 e. The Balaban J connectivity index is 1.75. The van der Waals surface area contributed by atoms with Crippen LogP contribution in [-0.4, -0.2) is 16.4 Å². The van der Waals surface area contributed by atoms with Gasteiger partial charge in [-0.15, -0.1) is 0 Å². The van der Waals surface area contributed by atoms with E-state index in [1.165, 1.54) is 17.8 Å². The molecule has 0 spiro atoms. The first-order valence-electron chi connectivity index (χ1n) is 8.77. The van der Waals surface area contributed by atoms with Crippen molar-refractivity contribution in [2.24, 2.45) is 5.92 Å². The fourth-order valence-electron chi connectivity index (χ4n) is 2.96. The predicted octanol–water partition coefficient (Wildman–Crippen LogP) is 4.76. The molecule has 1 unspecified atom stereocenters. The van der Waals surface area contributed by atoms with Gasteiger partial charge in [0.05, 0.1) is 5.56 Å². The predicted molar refractivity (Wildman–Crippen MR) is 103 cm³/mol. The third kappa shape index (κ3) is 3.90. The first kappa shape index (κ1) is 18.1. The Labute approximate surface area is 153 Å². The van der Waals surface area contributed by atoms with E-state index in [4.69, 9.17) is 0 Å². The van der Waals surface area contributed by atoms with Gasteiger partial charge in [-0.05, 0) is 43.9 Å². The van der Waals surface area contributed by atoms with Gasteiger partial charge in [0.25, 0.3) is 5.91 Å². The number of nitrogens with one attached hydrogen (secondary N) is 1. The molecule has 1 N–H and O–H groups in total. The van der Waals surface area contributed by atoms with Gasteiger partial charge in [0.1, 0.15) is 11.3 Å². The highest BCUT2D eigenvalue weighted by Crippen LogP contribution is 2.22. The van der Waals surface area contributed by atoms with Gasteiger partial charge in [-0.2, -0.15) is 0 Å². The van der Waals surface area contributed by atoms with Crippen molar-refractivity contribution in [2.45, 2.75) is 32.7 Å². The van der Waals surface area contributed by atoms with E-state index in [0.717, 1.165) is 6.42 Å². The number of hydrogen-bond acceptors (Lipinski definition) is 2. The zero-order valence-electron chi connectivity index (χ0n) is 15.3. The minimum absolute atomic E-state index is 0.200. The molecule has 3 rings (SSSR count). The van der Waals surface area contributed by atoms with Gasteiger partial charge in [-0.3, -0.25) is 9.78 Å². The number of halogens is 1. The van der Waals surface area contributed by atoms with E-state index >= 15 is 0 Å². The van der Waals surface area contributed by atoms with Crippen LogP contribution in [0.5, 0.6) is 0 Å². The van der Waals surface area contributed by atoms with Crippen molar-refractivity contribution in [1.82, 2.24) is 10.3 Å². The van der Waals surface area contributed by atoms with E-state index in [1.54, 1.807) is 18.2 Å². The minimum atomic E-state index is -0.399. The molecule has 3 nitrogen and oxygen atoms in total. The second-order valence-corrected chi connectivity index (χ2v) is 7.30. The lowest BCUT2D eigenvalue weighted by atomic mass is 9.84. The van der Waals surface area contributed by atoms with Crippen LogP contribution in [0.2, 0.25) is 0 Å². The van der Waals surface area contributed by atoms with Gasteiger partial charge in [-0.1, -0.05) is 49.4 Å². The lowest BCUT2D eigenvalue weighted by molar-refractivity contribution is 0.0885. The van der Waals surface area contributed by atoms with Crippen molar-refractivity contribution in [1.29, 1.82) is 0 Å². The standard InChI is InChI=1S/C22H23FN2O/c1-15(12-16-8-5-4-6-9-16)22(2,3)25-21(26)18-13-17-10-7-11-19(23)20(17)24-14-18/h4-11,13-15H,12H2,1-3H3,(H,25,26). The monoisotopic (exact) mass is 350 g/mol. The van der Waals surface area contributed by atoms with Crippen molar-refractivity contribution in [3.8, 4) is 0 Å². The summed E-state index contributed by atoms with van der Waals surface area (Å²) < 4.78 is 13.7. The number of carbonyl (C=O) groups is 1. The molecule has 4 heteroatoms. The van der Waals surface area contributed by atoms with Crippen LogP contribution in [0.25, 0.3) is 10.9 Å². The van der Waals surface area contributed by atoms with E-state index in [-0.39, 0.29) is 23.2 Å². The highest BCUT2D eigenvalue weighted by molar-refractivity contribution is 5.97. The minimum Gasteiger partial charge on any atom is -0.347 e. The molecule has 0 saturated heterocycles. The Kier molecular flexibility index (Phi) is 5.03. The fraction of sp³-hybridized carbons (Fsp3) is 0.273. The Morgan fingerprint density at radius 1 is 1.15 bits per heavy atom. The van der Waals surface area contributed by atoms with E-state index < -0.39 is 5.54 Å². The van der Waals surface area contributed by atoms with Crippen molar-refractivity contribution < 1.29 is 9.18 Å². The molecule has 26 heavy (non-hydrogen) atoms. The van der Waals surface area contributed by atoms with E-state index in [2.05, 4.69) is 29.4 Å². The molecule has 1 amide bonds. The van der Waals surface area contributed by atoms with Crippen LogP contribution in [0.15, 0.2) is 60.8 Å². The molecule has 1 aromatic heterocycles. The Morgan fingerprint density at radius 3 is 2.62 bits per heavy atom. The molecule has 0 aliphatic rings. The lowest BCUT2D eigenvalue weighted by Crippen LogP contribution is -2.48. The van der Waals surface area contributed by atoms with Crippen LogP contribution >= 0.6 is 0 Å². The number of rotatable bonds is 5. The summed E-state index contributed by atoms with van der Waals surface area (Å²) >= 11 is 0. The normalized spacial score (nSPS) is 12.8. The number of aromatic nitrogens is 1. The van der Waals surface area contributed by atoms with Gasteiger partial charge in [-0.25, -0.2) is 4.39 Å². The summed E-state index contributed by atoms with van der Waals surface area (Å²) in [7, 11) is 0. The molecule has 134 valence electrons. The quantitative estimate of drug-likeness (QED) is 0.721. The summed E-state index contributed by atoms with van der Waals surface area (Å²) in [5, 5.41) is 3.72. The number of hydrogen-bond donors (Lipinski definition) is 1. The lowest BCUT2D eigenvalue weighted by Gasteiger charge is -2.33. The van der Waals surface area contributed by atoms with Gasteiger partial charge < -0.3 is 5.32 Å². The van der Waals surface area contributed by atoms with Crippen LogP contribution in [0.4, 0.5) is 4.39 Å². The number of carbonyl (C=O) groups excluding carboxylic acids is 1. The molecule has 3 aromatic rings. The van der Waals surface area contributed by atoms with E-state index in [9.17, 15) is 9.18 Å². The van der Waals surface area contributed by atoms with E-state index in [0.29, 0.717) is 10.9 Å². The summed E-state index contributed by atoms with van der Waals surface area (Å²) in [6.45, 7) is 6.17. The number of pyridine rings is 1. The maximum atomic E-state index is 13.7. The molecule has 1 heterocycles. The third-order valence-corrected chi connectivity index (χ3v) is 4.98. The molecule has 0 bridgehead atoms. The van der Waals surface area contributed by atoms with Crippen LogP contribution in [0.1, 0.15) is 36.7 Å². The Hall–Kier alpha value is -2.75. The summed E-state index contributed by atoms with van der Waals surface area (Å²) in [5.74, 6) is -0.348. The number of amides is 1. The average Bonchev–Trinajstić information content (AvgIpc) is 2.62. The van der Waals surface area contributed by atoms with Crippen LogP contribution in [0, 0.1) is 11.7 Å². The van der Waals surface area contributed by atoms with Crippen LogP contribution in [0.3, 0.4) is 0 Å². The highest BCUT2D eigenvalue weighted by atomic mass is 19.1. The summed E-state index contributed by atoms with van der Waals surface area (Å²) in [6.07, 6.45) is 2.30. The fourth-order valence-corrected chi connectivity index (χ4v) is 2.96. The molecular weight excluding hydrogens is 327 g/mol. The number of para-hydroxylation sites is 1. The van der Waals surface area contributed by atoms with Crippen LogP contribution < -0.4 is 5.32 Å². The third-order valence-electron chi connectivity index (χ3n) is 4.98. The van der Waals surface area contributed by atoms with Gasteiger partial charge in [0.15, 0.2) is 0 Å². The second kappa shape index (κ2) is 7.24. The molecular formula is C22H23FN2O. The van der Waals surface area contributed by atoms with Gasteiger partial charge in [0.2, 0.25) is 0 Å². The first-order chi connectivity index (χ1) is 12.4. The summed E-state index contributed by atoms with van der Waals surface area (Å²) in [6, 6.07) is 16.6. The molecule has 0 saturated carbocycles. The summed E-state index contributed by atoms with van der Waals surface area (Å²) in [4.78, 5) is 16.8. The SMILES string of the molecule is CC(Cc1ccccc1)C(C)(C)NC(=O)c1cnc2c(F)cccc2c1. The number of fused-ring (bicyclic) bond motifs is 1. The van der Waals surface area contributed by atoms with Crippen molar-refractivity contribution in [2.75, 3.05) is 0 Å². The van der Waals surface area contributed by atoms with Gasteiger partial charge in [0, 0.05) is 17.1 Å². The summed E-state index contributed by atoms with van der Waals surface area (Å²) in [5.41, 5.74) is 1.55. The number of benzene rings is 2. The maximum Gasteiger partial charge on any atom is 0.253 e. The van der Waals surface area contributed by atoms with Crippen molar-refractivity contribution in [3.63, 3.8) is 0 Å². The highest BCUT2D eigenvalue weighted by Gasteiger charge is 2.28. The number of nitrogens with zero attached hydrogens (tertiary/aromatic N) is 1. The van der Waals surface area contributed by atoms with E-state index in [1.807, 2.05) is 32.0 Å². The zero-order valence-corrected chi connectivity index (χ0v) is 15.3. The molecule has 0 fully saturated rings. The zero-order chi connectivity index (χ0) is 18.7. The molecule has 1 atom stereocenters. The molecule has 0 aliphatic heterocycles. The Morgan fingerprint density at radius 2 is 1.88 bits per heavy atom. The van der Waals surface area contributed by atoms with Crippen molar-refractivity contribution >= 4 is 16.8 Å². The smallest absolute Gasteiger partial charge is 0.253 e. The van der Waals surface area contributed by atoms with Gasteiger partial charge >= 0.3 is 0 Å².